The molecule has 0 amide bonds. The van der Waals surface area contributed by atoms with Crippen molar-refractivity contribution < 1.29 is 19.4 Å². The van der Waals surface area contributed by atoms with Gasteiger partial charge in [-0.15, -0.1) is 0 Å². The molecule has 2 aliphatic rings. The van der Waals surface area contributed by atoms with E-state index in [-0.39, 0.29) is 24.1 Å². The number of allylic oxidation sites excluding steroid dienone is 3. The average Bonchev–Trinajstić information content (AvgIpc) is 2.55. The second-order valence-electron chi connectivity index (χ2n) is 7.46. The number of esters is 1. The van der Waals surface area contributed by atoms with Crippen molar-refractivity contribution in [3.05, 3.63) is 47.6 Å². The molecule has 0 aromatic rings. The molecule has 2 rings (SSSR count). The first-order valence-electron chi connectivity index (χ1n) is 8.67. The second-order valence-corrected chi connectivity index (χ2v) is 7.46. The summed E-state index contributed by atoms with van der Waals surface area (Å²) in [6.45, 7) is 13.6. The van der Waals surface area contributed by atoms with Gasteiger partial charge in [0.25, 0.3) is 0 Å². The Kier molecular flexibility index (Phi) is 5.24. The molecule has 0 aliphatic heterocycles. The zero-order valence-corrected chi connectivity index (χ0v) is 15.6. The molecule has 0 unspecified atom stereocenters. The van der Waals surface area contributed by atoms with Crippen molar-refractivity contribution in [1.82, 2.24) is 0 Å². The molecule has 0 bridgehead atoms. The highest BCUT2D eigenvalue weighted by molar-refractivity contribution is 6.07. The van der Waals surface area contributed by atoms with Crippen molar-refractivity contribution in [3.63, 3.8) is 0 Å². The Morgan fingerprint density at radius 3 is 2.68 bits per heavy atom. The van der Waals surface area contributed by atoms with Gasteiger partial charge in [-0.3, -0.25) is 9.59 Å². The molecular formula is C21H28O4. The first-order valence-corrected chi connectivity index (χ1v) is 8.67. The largest absolute Gasteiger partial charge is 0.469 e. The summed E-state index contributed by atoms with van der Waals surface area (Å²) in [6, 6.07) is 0. The third kappa shape index (κ3) is 3.04. The molecule has 0 radical (unpaired) electrons. The Balaban J connectivity index is 2.57. The summed E-state index contributed by atoms with van der Waals surface area (Å²) in [7, 11) is 1.36. The van der Waals surface area contributed by atoms with Gasteiger partial charge in [-0.25, -0.2) is 0 Å². The maximum absolute atomic E-state index is 12.5. The Labute approximate surface area is 149 Å². The average molecular weight is 344 g/mol. The fourth-order valence-electron chi connectivity index (χ4n) is 4.60. The van der Waals surface area contributed by atoms with Crippen molar-refractivity contribution in [1.29, 1.82) is 0 Å². The number of rotatable bonds is 5. The summed E-state index contributed by atoms with van der Waals surface area (Å²) in [4.78, 5) is 24.2. The van der Waals surface area contributed by atoms with E-state index in [1.807, 2.05) is 13.8 Å². The minimum absolute atomic E-state index is 0.0842. The quantitative estimate of drug-likeness (QED) is 0.610. The van der Waals surface area contributed by atoms with Crippen LogP contribution in [0.4, 0.5) is 0 Å². The number of ketones is 1. The van der Waals surface area contributed by atoms with Crippen molar-refractivity contribution >= 4 is 11.8 Å². The first kappa shape index (κ1) is 19.4. The third-order valence-electron chi connectivity index (χ3n) is 5.99. The van der Waals surface area contributed by atoms with Crippen molar-refractivity contribution in [3.8, 4) is 0 Å². The molecule has 4 nitrogen and oxygen atoms in total. The summed E-state index contributed by atoms with van der Waals surface area (Å²) in [6.07, 6.45) is 5.11. The number of hydrogen-bond donors (Lipinski definition) is 1. The number of ether oxygens (including phenoxy) is 1. The van der Waals surface area contributed by atoms with Crippen molar-refractivity contribution in [2.45, 2.75) is 52.1 Å². The van der Waals surface area contributed by atoms with Crippen LogP contribution in [0.25, 0.3) is 0 Å². The van der Waals surface area contributed by atoms with Gasteiger partial charge in [0.1, 0.15) is 5.60 Å². The lowest BCUT2D eigenvalue weighted by molar-refractivity contribution is -0.141. The van der Waals surface area contributed by atoms with E-state index in [1.165, 1.54) is 7.11 Å². The van der Waals surface area contributed by atoms with Gasteiger partial charge in [-0.1, -0.05) is 31.7 Å². The fraction of sp³-hybridized carbons (Fsp3) is 0.524. The number of hydrogen-bond acceptors (Lipinski definition) is 4. The van der Waals surface area contributed by atoms with E-state index in [0.717, 1.165) is 12.0 Å². The lowest BCUT2D eigenvalue weighted by Crippen LogP contribution is -2.51. The zero-order chi connectivity index (χ0) is 19.0. The van der Waals surface area contributed by atoms with E-state index < -0.39 is 11.0 Å². The van der Waals surface area contributed by atoms with Crippen molar-refractivity contribution in [2.24, 2.45) is 11.3 Å². The maximum atomic E-state index is 12.5. The van der Waals surface area contributed by atoms with E-state index in [0.29, 0.717) is 29.6 Å². The van der Waals surface area contributed by atoms with E-state index in [4.69, 9.17) is 4.74 Å². The molecule has 4 heteroatoms. The number of carbonyl (C=O) groups excluding carboxylic acids is 2. The molecule has 136 valence electrons. The van der Waals surface area contributed by atoms with Gasteiger partial charge in [0.2, 0.25) is 0 Å². The van der Waals surface area contributed by atoms with E-state index in [1.54, 1.807) is 19.1 Å². The highest BCUT2D eigenvalue weighted by Crippen LogP contribution is 2.57. The van der Waals surface area contributed by atoms with Crippen molar-refractivity contribution in [2.75, 3.05) is 7.11 Å². The number of carbonyl (C=O) groups is 2. The SMILES string of the molecule is C=CC1=C(C)C(=O)C=C2[C@]1(O)CC[C@H](C(=C)C)[C@@]2(C)CCC(=O)OC. The molecule has 0 aromatic carbocycles. The maximum Gasteiger partial charge on any atom is 0.305 e. The first-order chi connectivity index (χ1) is 11.6. The van der Waals surface area contributed by atoms with Gasteiger partial charge >= 0.3 is 5.97 Å². The smallest absolute Gasteiger partial charge is 0.305 e. The predicted octanol–water partition coefficient (Wildman–Crippen LogP) is 3.67. The van der Waals surface area contributed by atoms with E-state index in [2.05, 4.69) is 13.2 Å². The molecule has 0 aromatic heterocycles. The molecule has 1 saturated carbocycles. The zero-order valence-electron chi connectivity index (χ0n) is 15.6. The third-order valence-corrected chi connectivity index (χ3v) is 5.99. The van der Waals surface area contributed by atoms with Gasteiger partial charge in [-0.2, -0.15) is 0 Å². The molecule has 0 saturated heterocycles. The molecule has 1 N–H and O–H groups in total. The number of methoxy groups -OCH3 is 1. The normalized spacial score (nSPS) is 32.0. The molecule has 25 heavy (non-hydrogen) atoms. The fourth-order valence-corrected chi connectivity index (χ4v) is 4.60. The molecule has 2 aliphatic carbocycles. The Morgan fingerprint density at radius 2 is 2.16 bits per heavy atom. The highest BCUT2D eigenvalue weighted by Gasteiger charge is 2.54. The highest BCUT2D eigenvalue weighted by atomic mass is 16.5. The minimum atomic E-state index is -1.21. The van der Waals surface area contributed by atoms with Gasteiger partial charge < -0.3 is 9.84 Å². The van der Waals surface area contributed by atoms with Crippen LogP contribution in [0.2, 0.25) is 0 Å². The van der Waals surface area contributed by atoms with Gasteiger partial charge in [0, 0.05) is 12.0 Å². The van der Waals surface area contributed by atoms with Crippen LogP contribution in [0.3, 0.4) is 0 Å². The van der Waals surface area contributed by atoms with Crippen LogP contribution in [0.15, 0.2) is 47.6 Å². The molecule has 0 spiro atoms. The van der Waals surface area contributed by atoms with Gasteiger partial charge in [0.15, 0.2) is 5.78 Å². The summed E-state index contributed by atoms with van der Waals surface area (Å²) in [5, 5.41) is 11.5. The summed E-state index contributed by atoms with van der Waals surface area (Å²) in [5.74, 6) is -0.323. The Bertz CT molecular complexity index is 697. The minimum Gasteiger partial charge on any atom is -0.469 e. The van der Waals surface area contributed by atoms with E-state index in [9.17, 15) is 14.7 Å². The van der Waals surface area contributed by atoms with Crippen LogP contribution < -0.4 is 0 Å². The molecule has 0 heterocycles. The van der Waals surface area contributed by atoms with Crippen LogP contribution in [0, 0.1) is 11.3 Å². The van der Waals surface area contributed by atoms with Crippen LogP contribution in [0.1, 0.15) is 46.5 Å². The van der Waals surface area contributed by atoms with Gasteiger partial charge in [-0.05, 0) is 61.7 Å². The number of fused-ring (bicyclic) bond motifs is 1. The molecule has 1 fully saturated rings. The van der Waals surface area contributed by atoms with Crippen LogP contribution >= 0.6 is 0 Å². The predicted molar refractivity (Wildman–Crippen MR) is 97.8 cm³/mol. The standard InChI is InChI=1S/C21H28O4/c1-7-15-14(4)17(22)12-18-20(5,10-9-19(23)25-6)16(13(2)3)8-11-21(15,18)24/h7,12,16,24H,1-2,8-11H2,3-6H3/t16-,20-,21+/m1/s1. The second kappa shape index (κ2) is 6.75. The lowest BCUT2D eigenvalue weighted by Gasteiger charge is -2.53. The number of aliphatic hydroxyl groups is 1. The topological polar surface area (TPSA) is 63.6 Å². The molecule has 3 atom stereocenters. The van der Waals surface area contributed by atoms with Gasteiger partial charge in [0.05, 0.1) is 7.11 Å². The van der Waals surface area contributed by atoms with Crippen LogP contribution in [-0.2, 0) is 14.3 Å². The summed E-state index contributed by atoms with van der Waals surface area (Å²) >= 11 is 0. The Morgan fingerprint density at radius 1 is 1.52 bits per heavy atom. The monoisotopic (exact) mass is 344 g/mol. The molecular weight excluding hydrogens is 316 g/mol. The van der Waals surface area contributed by atoms with Crippen LogP contribution in [-0.4, -0.2) is 29.6 Å². The summed E-state index contributed by atoms with van der Waals surface area (Å²) < 4.78 is 4.79. The lowest BCUT2D eigenvalue weighted by atomic mass is 9.53. The Hall–Kier alpha value is -1.94. The van der Waals surface area contributed by atoms with Crippen LogP contribution in [0.5, 0.6) is 0 Å². The summed E-state index contributed by atoms with van der Waals surface area (Å²) in [5.41, 5.74) is 1.03. The van der Waals surface area contributed by atoms with E-state index >= 15 is 0 Å².